The van der Waals surface area contributed by atoms with Gasteiger partial charge in [0.2, 0.25) is 0 Å². The first kappa shape index (κ1) is 19.6. The van der Waals surface area contributed by atoms with Gasteiger partial charge in [0, 0.05) is 10.9 Å². The second kappa shape index (κ2) is 9.66. The van der Waals surface area contributed by atoms with Gasteiger partial charge in [-0.2, -0.15) is 0 Å². The van der Waals surface area contributed by atoms with Gasteiger partial charge in [-0.3, -0.25) is 4.79 Å². The molecule has 6 nitrogen and oxygen atoms in total. The lowest BCUT2D eigenvalue weighted by molar-refractivity contribution is -0.124. The lowest BCUT2D eigenvalue weighted by Crippen LogP contribution is -2.32. The van der Waals surface area contributed by atoms with E-state index >= 15 is 0 Å². The van der Waals surface area contributed by atoms with Gasteiger partial charge in [0.1, 0.15) is 17.4 Å². The molecule has 1 N–H and O–H groups in total. The molecule has 0 aliphatic rings. The monoisotopic (exact) mass is 396 g/mol. The summed E-state index contributed by atoms with van der Waals surface area (Å²) in [5.74, 6) is -0.277. The summed E-state index contributed by atoms with van der Waals surface area (Å²) in [5, 5.41) is 5.00. The second-order valence-corrected chi connectivity index (χ2v) is 6.85. The van der Waals surface area contributed by atoms with Crippen LogP contribution >= 0.6 is 11.3 Å². The largest absolute Gasteiger partial charge is 0.492 e. The average molecular weight is 396 g/mol. The van der Waals surface area contributed by atoms with Crippen LogP contribution in [-0.2, 0) is 9.53 Å². The van der Waals surface area contributed by atoms with Gasteiger partial charge in [-0.1, -0.05) is 48.0 Å². The zero-order valence-corrected chi connectivity index (χ0v) is 16.2. The first-order chi connectivity index (χ1) is 13.6. The maximum absolute atomic E-state index is 12.1. The van der Waals surface area contributed by atoms with Crippen molar-refractivity contribution in [2.24, 2.45) is 0 Å². The van der Waals surface area contributed by atoms with Crippen LogP contribution in [0.2, 0.25) is 0 Å². The number of nitrogens with one attached hydrogen (secondary N) is 1. The topological polar surface area (TPSA) is 77.5 Å². The molecule has 0 atom stereocenters. The zero-order chi connectivity index (χ0) is 19.8. The number of thiazole rings is 1. The smallest absolute Gasteiger partial charge is 0.358 e. The van der Waals surface area contributed by atoms with Crippen molar-refractivity contribution < 1.29 is 19.1 Å². The molecule has 144 valence electrons. The van der Waals surface area contributed by atoms with Gasteiger partial charge in [0.05, 0.1) is 6.54 Å². The number of carbonyl (C=O) groups excluding carboxylic acids is 2. The lowest BCUT2D eigenvalue weighted by atomic mass is 10.2. The molecule has 0 saturated heterocycles. The number of ether oxygens (including phenoxy) is 2. The standard InChI is InChI=1S/C21H20N2O4S/c1-15-7-9-16(10-8-15)20-23-18(14-28-20)21(25)27-13-19(24)22-11-12-26-17-5-3-2-4-6-17/h2-10,14H,11-13H2,1H3,(H,22,24). The van der Waals surface area contributed by atoms with Crippen molar-refractivity contribution in [1.29, 1.82) is 0 Å². The predicted molar refractivity (Wildman–Crippen MR) is 108 cm³/mol. The van der Waals surface area contributed by atoms with Crippen LogP contribution in [0.15, 0.2) is 60.0 Å². The molecule has 2 aromatic carbocycles. The van der Waals surface area contributed by atoms with Crippen molar-refractivity contribution in [1.82, 2.24) is 10.3 Å². The summed E-state index contributed by atoms with van der Waals surface area (Å²) < 4.78 is 10.5. The highest BCUT2D eigenvalue weighted by Crippen LogP contribution is 2.24. The highest BCUT2D eigenvalue weighted by Gasteiger charge is 2.14. The molecule has 0 fully saturated rings. The van der Waals surface area contributed by atoms with Crippen LogP contribution in [-0.4, -0.2) is 36.6 Å². The van der Waals surface area contributed by atoms with Gasteiger partial charge in [0.15, 0.2) is 12.3 Å². The Morgan fingerprint density at radius 3 is 2.57 bits per heavy atom. The summed E-state index contributed by atoms with van der Waals surface area (Å²) in [7, 11) is 0. The van der Waals surface area contributed by atoms with E-state index in [0.29, 0.717) is 13.2 Å². The van der Waals surface area contributed by atoms with Crippen LogP contribution in [0.4, 0.5) is 0 Å². The fourth-order valence-corrected chi connectivity index (χ4v) is 3.12. The summed E-state index contributed by atoms with van der Waals surface area (Å²) in [6, 6.07) is 17.2. The number of benzene rings is 2. The number of hydrogen-bond acceptors (Lipinski definition) is 6. The Kier molecular flexibility index (Phi) is 6.75. The summed E-state index contributed by atoms with van der Waals surface area (Å²) in [6.45, 7) is 2.30. The zero-order valence-electron chi connectivity index (χ0n) is 15.4. The first-order valence-electron chi connectivity index (χ1n) is 8.76. The SMILES string of the molecule is Cc1ccc(-c2nc(C(=O)OCC(=O)NCCOc3ccccc3)cs2)cc1. The fraction of sp³-hybridized carbons (Fsp3) is 0.190. The van der Waals surface area contributed by atoms with Crippen molar-refractivity contribution in [2.45, 2.75) is 6.92 Å². The molecule has 1 amide bonds. The number of aryl methyl sites for hydroxylation is 1. The molecule has 28 heavy (non-hydrogen) atoms. The van der Waals surface area contributed by atoms with E-state index in [1.54, 1.807) is 5.38 Å². The van der Waals surface area contributed by atoms with Crippen LogP contribution < -0.4 is 10.1 Å². The normalized spacial score (nSPS) is 10.3. The quantitative estimate of drug-likeness (QED) is 0.466. The molecule has 0 unspecified atom stereocenters. The van der Waals surface area contributed by atoms with Crippen molar-refractivity contribution in [3.63, 3.8) is 0 Å². The molecule has 0 aliphatic heterocycles. The summed E-state index contributed by atoms with van der Waals surface area (Å²) in [4.78, 5) is 28.2. The van der Waals surface area contributed by atoms with E-state index in [1.807, 2.05) is 61.5 Å². The van der Waals surface area contributed by atoms with E-state index in [0.717, 1.165) is 21.9 Å². The van der Waals surface area contributed by atoms with Gasteiger partial charge >= 0.3 is 5.97 Å². The summed E-state index contributed by atoms with van der Waals surface area (Å²) in [5.41, 5.74) is 2.28. The number of nitrogens with zero attached hydrogens (tertiary/aromatic N) is 1. The third-order valence-electron chi connectivity index (χ3n) is 3.78. The Balaban J connectivity index is 1.40. The number of aromatic nitrogens is 1. The molecule has 3 aromatic rings. The molecule has 0 aliphatic carbocycles. The van der Waals surface area contributed by atoms with Crippen molar-refractivity contribution in [3.8, 4) is 16.3 Å². The Morgan fingerprint density at radius 2 is 1.82 bits per heavy atom. The van der Waals surface area contributed by atoms with Gasteiger partial charge in [-0.25, -0.2) is 9.78 Å². The minimum atomic E-state index is -0.620. The molecule has 0 radical (unpaired) electrons. The lowest BCUT2D eigenvalue weighted by Gasteiger charge is -2.07. The average Bonchev–Trinajstić information content (AvgIpc) is 3.21. The fourth-order valence-electron chi connectivity index (χ4n) is 2.33. The van der Waals surface area contributed by atoms with E-state index in [-0.39, 0.29) is 18.2 Å². The van der Waals surface area contributed by atoms with Crippen LogP contribution in [0.5, 0.6) is 5.75 Å². The van der Waals surface area contributed by atoms with Crippen molar-refractivity contribution in [2.75, 3.05) is 19.8 Å². The molecule has 0 spiro atoms. The summed E-state index contributed by atoms with van der Waals surface area (Å²) >= 11 is 1.36. The molecular weight excluding hydrogens is 376 g/mol. The number of carbonyl (C=O) groups is 2. The Morgan fingerprint density at radius 1 is 1.07 bits per heavy atom. The number of para-hydroxylation sites is 1. The molecule has 0 bridgehead atoms. The molecule has 1 aromatic heterocycles. The van der Waals surface area contributed by atoms with Crippen molar-refractivity contribution in [3.05, 3.63) is 71.2 Å². The molecule has 7 heteroatoms. The maximum atomic E-state index is 12.1. The molecule has 0 saturated carbocycles. The third kappa shape index (κ3) is 5.65. The molecular formula is C21H20N2O4S. The van der Waals surface area contributed by atoms with Gasteiger partial charge in [0.25, 0.3) is 5.91 Å². The first-order valence-corrected chi connectivity index (χ1v) is 9.64. The number of amides is 1. The van der Waals surface area contributed by atoms with Crippen molar-refractivity contribution >= 4 is 23.2 Å². The maximum Gasteiger partial charge on any atom is 0.358 e. The third-order valence-corrected chi connectivity index (χ3v) is 4.67. The minimum Gasteiger partial charge on any atom is -0.492 e. The van der Waals surface area contributed by atoms with Gasteiger partial charge < -0.3 is 14.8 Å². The Labute approximate surface area is 167 Å². The molecule has 1 heterocycles. The van der Waals surface area contributed by atoms with E-state index in [2.05, 4.69) is 10.3 Å². The predicted octanol–water partition coefficient (Wildman–Crippen LogP) is 3.47. The van der Waals surface area contributed by atoms with Crippen LogP contribution in [0.1, 0.15) is 16.1 Å². The van der Waals surface area contributed by atoms with E-state index in [4.69, 9.17) is 9.47 Å². The van der Waals surface area contributed by atoms with Crippen LogP contribution in [0, 0.1) is 6.92 Å². The van der Waals surface area contributed by atoms with Crippen LogP contribution in [0.3, 0.4) is 0 Å². The Hall–Kier alpha value is -3.19. The second-order valence-electron chi connectivity index (χ2n) is 5.99. The Bertz CT molecular complexity index is 923. The van der Waals surface area contributed by atoms with Gasteiger partial charge in [-0.15, -0.1) is 11.3 Å². The van der Waals surface area contributed by atoms with E-state index < -0.39 is 5.97 Å². The molecule has 3 rings (SSSR count). The van der Waals surface area contributed by atoms with Crippen LogP contribution in [0.25, 0.3) is 10.6 Å². The minimum absolute atomic E-state index is 0.195. The number of esters is 1. The highest BCUT2D eigenvalue weighted by molar-refractivity contribution is 7.13. The highest BCUT2D eigenvalue weighted by atomic mass is 32.1. The number of rotatable bonds is 8. The number of hydrogen-bond donors (Lipinski definition) is 1. The van der Waals surface area contributed by atoms with E-state index in [9.17, 15) is 9.59 Å². The van der Waals surface area contributed by atoms with E-state index in [1.165, 1.54) is 11.3 Å². The van der Waals surface area contributed by atoms with Gasteiger partial charge in [-0.05, 0) is 19.1 Å². The summed E-state index contributed by atoms with van der Waals surface area (Å²) in [6.07, 6.45) is 0.